The smallest absolute Gasteiger partial charge is 0.410 e. The minimum atomic E-state index is -0.244. The van der Waals surface area contributed by atoms with Crippen molar-refractivity contribution in [2.45, 2.75) is 68.0 Å². The van der Waals surface area contributed by atoms with Gasteiger partial charge in [0.05, 0.1) is 11.6 Å². The third-order valence-electron chi connectivity index (χ3n) is 9.72. The molecule has 2 saturated heterocycles. The zero-order chi connectivity index (χ0) is 25.2. The Morgan fingerprint density at radius 3 is 2.75 bits per heavy atom. The number of urea groups is 1. The summed E-state index contributed by atoms with van der Waals surface area (Å²) < 4.78 is 19.8. The Morgan fingerprint density at radius 2 is 2.03 bits per heavy atom. The van der Waals surface area contributed by atoms with Crippen LogP contribution in [0.1, 0.15) is 50.5 Å². The molecule has 2 spiro atoms. The first-order valence-electron chi connectivity index (χ1n) is 13.2. The summed E-state index contributed by atoms with van der Waals surface area (Å²) in [4.78, 5) is 33.6. The van der Waals surface area contributed by atoms with Crippen molar-refractivity contribution < 1.29 is 18.7 Å². The van der Waals surface area contributed by atoms with Crippen LogP contribution in [0.15, 0.2) is 18.2 Å². The number of terminal acetylenes is 1. The molecule has 3 heterocycles. The standard InChI is InChI=1S/C28H35FN4O3/c1-4-5-14-36-26(35)33-24-9-6-19-15-21(17-28(19,24)33)31-12-10-27(11-13-31)18-32(25(34)30(2)3)23-8-7-20(29)16-22(23)27/h1,7-8,16,19,21,24H,5-6,9-15,17-18H2,2-3H3. The maximum absolute atomic E-state index is 14.3. The summed E-state index contributed by atoms with van der Waals surface area (Å²) in [5, 5.41) is 0. The van der Waals surface area contributed by atoms with E-state index in [1.807, 2.05) is 9.80 Å². The molecule has 4 unspecified atom stereocenters. The van der Waals surface area contributed by atoms with Crippen LogP contribution in [0.3, 0.4) is 0 Å². The number of nitrogens with zero attached hydrogens (tertiary/aromatic N) is 4. The summed E-state index contributed by atoms with van der Waals surface area (Å²) in [6.45, 7) is 2.73. The van der Waals surface area contributed by atoms with Crippen molar-refractivity contribution in [1.29, 1.82) is 0 Å². The van der Waals surface area contributed by atoms with Crippen LogP contribution in [-0.4, -0.2) is 84.8 Å². The molecule has 3 aliphatic heterocycles. The molecule has 0 radical (unpaired) electrons. The first kappa shape index (κ1) is 23.6. The lowest BCUT2D eigenvalue weighted by Gasteiger charge is -2.42. The highest BCUT2D eigenvalue weighted by Crippen LogP contribution is 2.65. The third-order valence-corrected chi connectivity index (χ3v) is 9.72. The SMILES string of the molecule is C#CCCOC(=O)N1C2CCC3CC(N4CCC5(CC4)CN(C(=O)N(C)C)c4ccc(F)cc45)CC321. The zero-order valence-electron chi connectivity index (χ0n) is 21.2. The Morgan fingerprint density at radius 1 is 1.25 bits per heavy atom. The molecule has 4 fully saturated rings. The van der Waals surface area contributed by atoms with Crippen LogP contribution >= 0.6 is 0 Å². The fraction of sp³-hybridized carbons (Fsp3) is 0.643. The number of anilines is 1. The zero-order valence-corrected chi connectivity index (χ0v) is 21.2. The lowest BCUT2D eigenvalue weighted by molar-refractivity contribution is 0.113. The number of carbonyl (C=O) groups excluding carboxylic acids is 2. The Bertz CT molecular complexity index is 1120. The van der Waals surface area contributed by atoms with Crippen LogP contribution in [-0.2, 0) is 10.2 Å². The van der Waals surface area contributed by atoms with Crippen molar-refractivity contribution >= 4 is 17.8 Å². The molecular weight excluding hydrogens is 459 g/mol. The first-order valence-corrected chi connectivity index (χ1v) is 13.2. The molecule has 0 aromatic heterocycles. The minimum absolute atomic E-state index is 0.0228. The lowest BCUT2D eigenvalue weighted by Crippen LogP contribution is -2.49. The second-order valence-electron chi connectivity index (χ2n) is 11.6. The normalized spacial score (nSPS) is 31.6. The van der Waals surface area contributed by atoms with E-state index in [0.717, 1.165) is 56.4 Å². The van der Waals surface area contributed by atoms with Crippen LogP contribution in [0.2, 0.25) is 0 Å². The monoisotopic (exact) mass is 494 g/mol. The van der Waals surface area contributed by atoms with E-state index < -0.39 is 0 Å². The van der Waals surface area contributed by atoms with Crippen molar-refractivity contribution in [2.24, 2.45) is 5.92 Å². The van der Waals surface area contributed by atoms with Crippen molar-refractivity contribution in [3.8, 4) is 12.3 Å². The molecule has 3 amide bonds. The summed E-state index contributed by atoms with van der Waals surface area (Å²) in [7, 11) is 3.52. The molecule has 1 aromatic carbocycles. The number of benzene rings is 1. The minimum Gasteiger partial charge on any atom is -0.448 e. The topological polar surface area (TPSA) is 56.1 Å². The number of ether oxygens (including phenoxy) is 1. The third kappa shape index (κ3) is 3.35. The van der Waals surface area contributed by atoms with Gasteiger partial charge < -0.3 is 14.5 Å². The molecule has 8 heteroatoms. The number of amides is 3. The molecular formula is C28H35FN4O3. The number of hydrogen-bond donors (Lipinski definition) is 0. The molecule has 6 rings (SSSR count). The molecule has 0 N–H and O–H groups in total. The predicted molar refractivity (Wildman–Crippen MR) is 134 cm³/mol. The van der Waals surface area contributed by atoms with Crippen LogP contribution < -0.4 is 4.90 Å². The van der Waals surface area contributed by atoms with Gasteiger partial charge in [0.1, 0.15) is 12.4 Å². The van der Waals surface area contributed by atoms with Crippen molar-refractivity contribution in [2.75, 3.05) is 45.2 Å². The maximum Gasteiger partial charge on any atom is 0.410 e. The van der Waals surface area contributed by atoms with Crippen molar-refractivity contribution in [3.05, 3.63) is 29.6 Å². The molecule has 0 bridgehead atoms. The summed E-state index contributed by atoms with van der Waals surface area (Å²) in [6.07, 6.45) is 11.7. The highest BCUT2D eigenvalue weighted by molar-refractivity contribution is 5.95. The van der Waals surface area contributed by atoms with E-state index in [9.17, 15) is 14.0 Å². The predicted octanol–water partition coefficient (Wildman–Crippen LogP) is 3.82. The second-order valence-corrected chi connectivity index (χ2v) is 11.6. The van der Waals surface area contributed by atoms with Crippen molar-refractivity contribution in [1.82, 2.24) is 14.7 Å². The van der Waals surface area contributed by atoms with Gasteiger partial charge in [-0.25, -0.2) is 14.0 Å². The average Bonchev–Trinajstić information content (AvgIpc) is 3.11. The summed E-state index contributed by atoms with van der Waals surface area (Å²) in [6, 6.07) is 5.57. The van der Waals surface area contributed by atoms with E-state index >= 15 is 0 Å². The number of hydrogen-bond acceptors (Lipinski definition) is 4. The van der Waals surface area contributed by atoms with Gasteiger partial charge in [0, 0.05) is 44.2 Å². The van der Waals surface area contributed by atoms with Gasteiger partial charge in [-0.1, -0.05) is 0 Å². The average molecular weight is 495 g/mol. The number of rotatable bonds is 3. The fourth-order valence-electron chi connectivity index (χ4n) is 8.02. The van der Waals surface area contributed by atoms with Crippen LogP contribution in [0.5, 0.6) is 0 Å². The highest BCUT2D eigenvalue weighted by Gasteiger charge is 2.75. The lowest BCUT2D eigenvalue weighted by atomic mass is 9.74. The van der Waals surface area contributed by atoms with Gasteiger partial charge in [0.15, 0.2) is 0 Å². The first-order chi connectivity index (χ1) is 17.3. The second kappa shape index (κ2) is 8.37. The van der Waals surface area contributed by atoms with E-state index in [-0.39, 0.29) is 35.5 Å². The van der Waals surface area contributed by atoms with Gasteiger partial charge in [-0.2, -0.15) is 0 Å². The van der Waals surface area contributed by atoms with Gasteiger partial charge in [-0.05, 0) is 81.3 Å². The van der Waals surface area contributed by atoms with E-state index in [4.69, 9.17) is 11.2 Å². The largest absolute Gasteiger partial charge is 0.448 e. The molecule has 7 nitrogen and oxygen atoms in total. The number of likely N-dealkylation sites (tertiary alicyclic amines) is 2. The Balaban J connectivity index is 1.14. The summed E-state index contributed by atoms with van der Waals surface area (Å²) in [5.74, 6) is 2.82. The van der Waals surface area contributed by atoms with E-state index in [1.54, 1.807) is 31.1 Å². The van der Waals surface area contributed by atoms with Crippen LogP contribution in [0.4, 0.5) is 19.7 Å². The molecule has 5 aliphatic rings. The van der Waals surface area contributed by atoms with E-state index in [1.165, 1.54) is 12.5 Å². The Labute approximate surface area is 212 Å². The maximum atomic E-state index is 14.3. The van der Waals surface area contributed by atoms with E-state index in [0.29, 0.717) is 31.0 Å². The number of halogens is 1. The van der Waals surface area contributed by atoms with Crippen molar-refractivity contribution in [3.63, 3.8) is 0 Å². The summed E-state index contributed by atoms with van der Waals surface area (Å²) >= 11 is 0. The summed E-state index contributed by atoms with van der Waals surface area (Å²) in [5.41, 5.74) is 1.59. The molecule has 192 valence electrons. The fourth-order valence-corrected chi connectivity index (χ4v) is 8.02. The molecule has 2 saturated carbocycles. The quantitative estimate of drug-likeness (QED) is 0.364. The number of piperidine rings is 2. The highest BCUT2D eigenvalue weighted by atomic mass is 19.1. The molecule has 1 aromatic rings. The Hall–Kier alpha value is -2.79. The van der Waals surface area contributed by atoms with E-state index in [2.05, 4.69) is 10.8 Å². The van der Waals surface area contributed by atoms with Gasteiger partial charge in [0.2, 0.25) is 0 Å². The number of fused-ring (bicyclic) bond motifs is 2. The molecule has 4 atom stereocenters. The van der Waals surface area contributed by atoms with Gasteiger partial charge in [-0.15, -0.1) is 12.3 Å². The molecule has 2 aliphatic carbocycles. The van der Waals surface area contributed by atoms with Gasteiger partial charge in [0.25, 0.3) is 0 Å². The van der Waals surface area contributed by atoms with Gasteiger partial charge in [-0.3, -0.25) is 9.80 Å². The van der Waals surface area contributed by atoms with Crippen LogP contribution in [0.25, 0.3) is 0 Å². The molecule has 36 heavy (non-hydrogen) atoms. The number of carbonyl (C=O) groups is 2. The Kier molecular flexibility index (Phi) is 5.49. The van der Waals surface area contributed by atoms with Crippen LogP contribution in [0, 0.1) is 24.1 Å². The van der Waals surface area contributed by atoms with Gasteiger partial charge >= 0.3 is 12.1 Å².